The summed E-state index contributed by atoms with van der Waals surface area (Å²) in [6.45, 7) is 4.76. The van der Waals surface area contributed by atoms with Gasteiger partial charge in [0, 0.05) is 18.6 Å². The van der Waals surface area contributed by atoms with Crippen molar-refractivity contribution in [2.45, 2.75) is 51.6 Å². The Kier molecular flexibility index (Phi) is 7.20. The van der Waals surface area contributed by atoms with Crippen molar-refractivity contribution < 1.29 is 4.79 Å². The molecule has 2 N–H and O–H groups in total. The Bertz CT molecular complexity index is 436. The molecule has 0 bridgehead atoms. The highest BCUT2D eigenvalue weighted by Crippen LogP contribution is 2.24. The lowest BCUT2D eigenvalue weighted by molar-refractivity contribution is -0.136. The van der Waals surface area contributed by atoms with Crippen LogP contribution in [-0.4, -0.2) is 29.4 Å². The van der Waals surface area contributed by atoms with Crippen LogP contribution in [0.4, 0.5) is 0 Å². The minimum atomic E-state index is -0.0766. The van der Waals surface area contributed by atoms with Crippen LogP contribution >= 0.6 is 12.4 Å². The molecule has 3 atom stereocenters. The number of likely N-dealkylation sites (tertiary alicyclic amines) is 1. The van der Waals surface area contributed by atoms with Crippen LogP contribution in [0, 0.1) is 5.92 Å². The molecule has 1 aromatic carbocycles. The van der Waals surface area contributed by atoms with E-state index in [2.05, 4.69) is 29.2 Å². The molecule has 0 spiro atoms. The van der Waals surface area contributed by atoms with E-state index in [4.69, 9.17) is 5.73 Å². The fourth-order valence-corrected chi connectivity index (χ4v) is 2.89. The molecular formula is C17H27ClN2O. The van der Waals surface area contributed by atoms with E-state index < -0.39 is 0 Å². The van der Waals surface area contributed by atoms with Crippen LogP contribution < -0.4 is 5.73 Å². The monoisotopic (exact) mass is 310 g/mol. The lowest BCUT2D eigenvalue weighted by Crippen LogP contribution is -2.44. The first-order valence-electron chi connectivity index (χ1n) is 7.69. The summed E-state index contributed by atoms with van der Waals surface area (Å²) in [4.78, 5) is 14.5. The largest absolute Gasteiger partial charge is 0.339 e. The summed E-state index contributed by atoms with van der Waals surface area (Å²) in [5, 5.41) is 0. The Hall–Kier alpha value is -1.06. The number of aryl methyl sites for hydroxylation is 1. The SMILES string of the molecule is CC(N)C(C)C(=O)N1CCCC1CCc1ccccc1.Cl. The van der Waals surface area contributed by atoms with E-state index in [1.165, 1.54) is 5.56 Å². The van der Waals surface area contributed by atoms with E-state index in [-0.39, 0.29) is 30.3 Å². The van der Waals surface area contributed by atoms with E-state index >= 15 is 0 Å². The van der Waals surface area contributed by atoms with Gasteiger partial charge in [-0.1, -0.05) is 37.3 Å². The van der Waals surface area contributed by atoms with Crippen molar-refractivity contribution >= 4 is 18.3 Å². The highest BCUT2D eigenvalue weighted by atomic mass is 35.5. The van der Waals surface area contributed by atoms with Crippen molar-refractivity contribution in [2.75, 3.05) is 6.54 Å². The summed E-state index contributed by atoms with van der Waals surface area (Å²) in [7, 11) is 0. The van der Waals surface area contributed by atoms with Crippen molar-refractivity contribution in [1.82, 2.24) is 4.90 Å². The van der Waals surface area contributed by atoms with Gasteiger partial charge in [-0.2, -0.15) is 0 Å². The lowest BCUT2D eigenvalue weighted by atomic mass is 10.00. The Morgan fingerprint density at radius 3 is 2.62 bits per heavy atom. The zero-order chi connectivity index (χ0) is 14.5. The van der Waals surface area contributed by atoms with Crippen molar-refractivity contribution in [2.24, 2.45) is 11.7 Å². The molecule has 1 amide bonds. The first-order valence-corrected chi connectivity index (χ1v) is 7.69. The van der Waals surface area contributed by atoms with Gasteiger partial charge in [-0.3, -0.25) is 4.79 Å². The minimum absolute atomic E-state index is 0. The van der Waals surface area contributed by atoms with E-state index in [9.17, 15) is 4.79 Å². The molecule has 1 aliphatic rings. The van der Waals surface area contributed by atoms with Crippen molar-refractivity contribution in [3.8, 4) is 0 Å². The normalized spacial score (nSPS) is 20.7. The van der Waals surface area contributed by atoms with Crippen molar-refractivity contribution in [3.63, 3.8) is 0 Å². The maximum absolute atomic E-state index is 12.5. The molecule has 1 heterocycles. The van der Waals surface area contributed by atoms with Crippen LogP contribution in [0.2, 0.25) is 0 Å². The fourth-order valence-electron chi connectivity index (χ4n) is 2.89. The fraction of sp³-hybridized carbons (Fsp3) is 0.588. The molecule has 1 saturated heterocycles. The molecule has 0 aliphatic carbocycles. The molecule has 0 radical (unpaired) electrons. The predicted octanol–water partition coefficient (Wildman–Crippen LogP) is 3.02. The van der Waals surface area contributed by atoms with E-state index in [1.807, 2.05) is 19.9 Å². The average Bonchev–Trinajstić information content (AvgIpc) is 2.93. The summed E-state index contributed by atoms with van der Waals surface area (Å²) in [5.74, 6) is 0.155. The van der Waals surface area contributed by atoms with Crippen LogP contribution in [0.1, 0.15) is 38.7 Å². The number of rotatable bonds is 5. The van der Waals surface area contributed by atoms with Crippen LogP contribution in [-0.2, 0) is 11.2 Å². The molecule has 118 valence electrons. The summed E-state index contributed by atoms with van der Waals surface area (Å²) >= 11 is 0. The smallest absolute Gasteiger partial charge is 0.227 e. The van der Waals surface area contributed by atoms with Gasteiger partial charge in [0.05, 0.1) is 5.92 Å². The van der Waals surface area contributed by atoms with E-state index in [1.54, 1.807) is 0 Å². The number of hydrogen-bond acceptors (Lipinski definition) is 2. The molecule has 21 heavy (non-hydrogen) atoms. The van der Waals surface area contributed by atoms with Gasteiger partial charge in [0.1, 0.15) is 0 Å². The van der Waals surface area contributed by atoms with E-state index in [0.717, 1.165) is 32.2 Å². The molecule has 2 rings (SSSR count). The van der Waals surface area contributed by atoms with Gasteiger partial charge in [-0.15, -0.1) is 12.4 Å². The number of hydrogen-bond donors (Lipinski definition) is 1. The topological polar surface area (TPSA) is 46.3 Å². The molecule has 3 nitrogen and oxygen atoms in total. The van der Waals surface area contributed by atoms with Gasteiger partial charge < -0.3 is 10.6 Å². The summed E-state index contributed by atoms with van der Waals surface area (Å²) in [6, 6.07) is 10.8. The number of carbonyl (C=O) groups is 1. The molecule has 0 aromatic heterocycles. The average molecular weight is 311 g/mol. The van der Waals surface area contributed by atoms with Gasteiger partial charge in [0.15, 0.2) is 0 Å². The summed E-state index contributed by atoms with van der Waals surface area (Å²) in [6.07, 6.45) is 4.35. The molecule has 1 aromatic rings. The van der Waals surface area contributed by atoms with Crippen LogP contribution in [0.3, 0.4) is 0 Å². The Labute approximate surface area is 134 Å². The number of halogens is 1. The maximum atomic E-state index is 12.5. The molecule has 1 aliphatic heterocycles. The van der Waals surface area contributed by atoms with Crippen LogP contribution in [0.25, 0.3) is 0 Å². The molecular weight excluding hydrogens is 284 g/mol. The highest BCUT2D eigenvalue weighted by molar-refractivity contribution is 5.85. The Balaban J connectivity index is 0.00000220. The first kappa shape index (κ1) is 18.0. The zero-order valence-corrected chi connectivity index (χ0v) is 13.8. The number of amides is 1. The number of carbonyl (C=O) groups excluding carboxylic acids is 1. The second-order valence-corrected chi connectivity index (χ2v) is 6.00. The number of nitrogens with zero attached hydrogens (tertiary/aromatic N) is 1. The number of benzene rings is 1. The second kappa shape index (κ2) is 8.40. The number of nitrogens with two attached hydrogens (primary N) is 1. The van der Waals surface area contributed by atoms with Gasteiger partial charge in [-0.05, 0) is 38.2 Å². The third-order valence-corrected chi connectivity index (χ3v) is 4.45. The summed E-state index contributed by atoms with van der Waals surface area (Å²) in [5.41, 5.74) is 7.22. The van der Waals surface area contributed by atoms with E-state index in [0.29, 0.717) is 6.04 Å². The van der Waals surface area contributed by atoms with Gasteiger partial charge >= 0.3 is 0 Å². The lowest BCUT2D eigenvalue weighted by Gasteiger charge is -2.29. The first-order chi connectivity index (χ1) is 9.59. The molecule has 4 heteroatoms. The van der Waals surface area contributed by atoms with Crippen molar-refractivity contribution in [1.29, 1.82) is 0 Å². The zero-order valence-electron chi connectivity index (χ0n) is 13.0. The third-order valence-electron chi connectivity index (χ3n) is 4.45. The standard InChI is InChI=1S/C17H26N2O.ClH/c1-13(14(2)18)17(20)19-12-6-9-16(19)11-10-15-7-4-3-5-8-15;/h3-5,7-8,13-14,16H,6,9-12,18H2,1-2H3;1H. The Morgan fingerprint density at radius 2 is 2.00 bits per heavy atom. The van der Waals surface area contributed by atoms with Gasteiger partial charge in [0.2, 0.25) is 5.91 Å². The predicted molar refractivity (Wildman–Crippen MR) is 89.6 cm³/mol. The molecule has 1 fully saturated rings. The molecule has 3 unspecified atom stereocenters. The Morgan fingerprint density at radius 1 is 1.33 bits per heavy atom. The third kappa shape index (κ3) is 4.72. The quantitative estimate of drug-likeness (QED) is 0.908. The van der Waals surface area contributed by atoms with Crippen molar-refractivity contribution in [3.05, 3.63) is 35.9 Å². The minimum Gasteiger partial charge on any atom is -0.339 e. The summed E-state index contributed by atoms with van der Waals surface area (Å²) < 4.78 is 0. The highest BCUT2D eigenvalue weighted by Gasteiger charge is 2.32. The van der Waals surface area contributed by atoms with Gasteiger partial charge in [0.25, 0.3) is 0 Å². The van der Waals surface area contributed by atoms with Crippen LogP contribution in [0.5, 0.6) is 0 Å². The molecule has 0 saturated carbocycles. The maximum Gasteiger partial charge on any atom is 0.227 e. The second-order valence-electron chi connectivity index (χ2n) is 6.00. The van der Waals surface area contributed by atoms with Crippen LogP contribution in [0.15, 0.2) is 30.3 Å². The van der Waals surface area contributed by atoms with Gasteiger partial charge in [-0.25, -0.2) is 0 Å².